The van der Waals surface area contributed by atoms with Gasteiger partial charge in [-0.15, -0.1) is 0 Å². The SMILES string of the molecule is C/C=C/C(CC(=O)OCC)c1ccc(OCc2ccccc2C)cc1C. The van der Waals surface area contributed by atoms with Crippen molar-refractivity contribution in [2.24, 2.45) is 0 Å². The molecular weight excluding hydrogens is 324 g/mol. The van der Waals surface area contributed by atoms with Crippen LogP contribution < -0.4 is 4.74 Å². The van der Waals surface area contributed by atoms with Gasteiger partial charge < -0.3 is 9.47 Å². The summed E-state index contributed by atoms with van der Waals surface area (Å²) in [5, 5.41) is 0. The van der Waals surface area contributed by atoms with Crippen molar-refractivity contribution in [3.05, 3.63) is 76.9 Å². The number of rotatable bonds is 8. The molecule has 0 aliphatic heterocycles. The fourth-order valence-corrected chi connectivity index (χ4v) is 3.00. The third kappa shape index (κ3) is 5.48. The Hall–Kier alpha value is -2.55. The largest absolute Gasteiger partial charge is 0.489 e. The first kappa shape index (κ1) is 19.8. The topological polar surface area (TPSA) is 35.5 Å². The number of benzene rings is 2. The van der Waals surface area contributed by atoms with Gasteiger partial charge >= 0.3 is 5.97 Å². The third-order valence-electron chi connectivity index (χ3n) is 4.41. The van der Waals surface area contributed by atoms with E-state index in [-0.39, 0.29) is 11.9 Å². The quantitative estimate of drug-likeness (QED) is 0.465. The van der Waals surface area contributed by atoms with Crippen molar-refractivity contribution in [3.8, 4) is 5.75 Å². The van der Waals surface area contributed by atoms with E-state index in [1.165, 1.54) is 11.1 Å². The Bertz CT molecular complexity index is 762. The van der Waals surface area contributed by atoms with Gasteiger partial charge in [-0.05, 0) is 62.1 Å². The van der Waals surface area contributed by atoms with Crippen molar-refractivity contribution in [1.29, 1.82) is 0 Å². The molecular formula is C23H28O3. The first-order valence-corrected chi connectivity index (χ1v) is 9.11. The average molecular weight is 352 g/mol. The van der Waals surface area contributed by atoms with Gasteiger partial charge in [0.1, 0.15) is 12.4 Å². The highest BCUT2D eigenvalue weighted by atomic mass is 16.5. The van der Waals surface area contributed by atoms with Crippen molar-refractivity contribution >= 4 is 5.97 Å². The smallest absolute Gasteiger partial charge is 0.306 e. The number of carbonyl (C=O) groups is 1. The summed E-state index contributed by atoms with van der Waals surface area (Å²) in [5.74, 6) is 0.684. The molecule has 0 spiro atoms. The minimum absolute atomic E-state index is 0.0180. The van der Waals surface area contributed by atoms with Crippen molar-refractivity contribution in [2.45, 2.75) is 46.6 Å². The van der Waals surface area contributed by atoms with Crippen molar-refractivity contribution in [2.75, 3.05) is 6.61 Å². The van der Waals surface area contributed by atoms with Gasteiger partial charge in [-0.1, -0.05) is 42.5 Å². The van der Waals surface area contributed by atoms with Gasteiger partial charge in [0.05, 0.1) is 13.0 Å². The van der Waals surface area contributed by atoms with E-state index in [0.717, 1.165) is 16.9 Å². The molecule has 0 fully saturated rings. The minimum Gasteiger partial charge on any atom is -0.489 e. The lowest BCUT2D eigenvalue weighted by Crippen LogP contribution is -2.10. The zero-order valence-electron chi connectivity index (χ0n) is 16.1. The van der Waals surface area contributed by atoms with Gasteiger partial charge in [-0.25, -0.2) is 0 Å². The maximum absolute atomic E-state index is 11.9. The van der Waals surface area contributed by atoms with E-state index < -0.39 is 0 Å². The Morgan fingerprint density at radius 2 is 1.88 bits per heavy atom. The fraction of sp³-hybridized carbons (Fsp3) is 0.348. The number of esters is 1. The monoisotopic (exact) mass is 352 g/mol. The second-order valence-electron chi connectivity index (χ2n) is 6.37. The van der Waals surface area contributed by atoms with Crippen LogP contribution in [0.25, 0.3) is 0 Å². The Morgan fingerprint density at radius 1 is 1.12 bits per heavy atom. The van der Waals surface area contributed by atoms with E-state index in [1.807, 2.05) is 56.3 Å². The summed E-state index contributed by atoms with van der Waals surface area (Å²) >= 11 is 0. The summed E-state index contributed by atoms with van der Waals surface area (Å²) in [7, 11) is 0. The van der Waals surface area contributed by atoms with Crippen LogP contribution in [-0.2, 0) is 16.1 Å². The maximum Gasteiger partial charge on any atom is 0.306 e. The number of hydrogen-bond acceptors (Lipinski definition) is 3. The summed E-state index contributed by atoms with van der Waals surface area (Å²) in [4.78, 5) is 11.9. The van der Waals surface area contributed by atoms with E-state index in [0.29, 0.717) is 19.6 Å². The van der Waals surface area contributed by atoms with E-state index >= 15 is 0 Å². The number of aryl methyl sites for hydroxylation is 2. The van der Waals surface area contributed by atoms with Crippen molar-refractivity contribution < 1.29 is 14.3 Å². The van der Waals surface area contributed by atoms with Crippen LogP contribution in [0.5, 0.6) is 5.75 Å². The van der Waals surface area contributed by atoms with Crippen LogP contribution in [-0.4, -0.2) is 12.6 Å². The first-order valence-electron chi connectivity index (χ1n) is 9.11. The van der Waals surface area contributed by atoms with E-state index in [4.69, 9.17) is 9.47 Å². The summed E-state index contributed by atoms with van der Waals surface area (Å²) in [5.41, 5.74) is 4.64. The number of allylic oxidation sites excluding steroid dienone is 2. The van der Waals surface area contributed by atoms with E-state index in [2.05, 4.69) is 26.0 Å². The number of ether oxygens (including phenoxy) is 2. The molecule has 2 rings (SSSR count). The van der Waals surface area contributed by atoms with Crippen LogP contribution in [0.1, 0.15) is 48.4 Å². The molecule has 1 atom stereocenters. The van der Waals surface area contributed by atoms with E-state index in [9.17, 15) is 4.79 Å². The molecule has 0 bridgehead atoms. The molecule has 0 N–H and O–H groups in total. The lowest BCUT2D eigenvalue weighted by Gasteiger charge is -2.17. The van der Waals surface area contributed by atoms with Gasteiger partial charge in [0.15, 0.2) is 0 Å². The summed E-state index contributed by atoms with van der Waals surface area (Å²) in [6.45, 7) is 8.89. The Morgan fingerprint density at radius 3 is 2.54 bits per heavy atom. The van der Waals surface area contributed by atoms with Crippen LogP contribution in [0.4, 0.5) is 0 Å². The second-order valence-corrected chi connectivity index (χ2v) is 6.37. The van der Waals surface area contributed by atoms with Gasteiger partial charge in [0.2, 0.25) is 0 Å². The highest BCUT2D eigenvalue weighted by Crippen LogP contribution is 2.28. The molecule has 0 amide bonds. The van der Waals surface area contributed by atoms with Gasteiger partial charge in [0.25, 0.3) is 0 Å². The molecule has 0 aliphatic rings. The molecule has 0 aromatic heterocycles. The second kappa shape index (κ2) is 9.81. The lowest BCUT2D eigenvalue weighted by molar-refractivity contribution is -0.143. The van der Waals surface area contributed by atoms with Crippen molar-refractivity contribution in [3.63, 3.8) is 0 Å². The molecule has 3 heteroatoms. The zero-order valence-corrected chi connectivity index (χ0v) is 16.1. The summed E-state index contributed by atoms with van der Waals surface area (Å²) < 4.78 is 11.1. The molecule has 2 aromatic carbocycles. The molecule has 3 nitrogen and oxygen atoms in total. The molecule has 0 saturated heterocycles. The Kier molecular flexibility index (Phi) is 7.46. The standard InChI is InChI=1S/C23H28O3/c1-5-9-19(15-23(24)25-6-2)22-13-12-21(14-18(22)4)26-16-20-11-8-7-10-17(20)3/h5,7-14,19H,6,15-16H2,1-4H3/b9-5+. The molecule has 2 aromatic rings. The number of carbonyl (C=O) groups excluding carboxylic acids is 1. The highest BCUT2D eigenvalue weighted by molar-refractivity contribution is 5.71. The van der Waals surface area contributed by atoms with Crippen molar-refractivity contribution in [1.82, 2.24) is 0 Å². The third-order valence-corrected chi connectivity index (χ3v) is 4.41. The molecule has 0 heterocycles. The molecule has 138 valence electrons. The van der Waals surface area contributed by atoms with Crippen LogP contribution >= 0.6 is 0 Å². The molecule has 0 aliphatic carbocycles. The summed E-state index contributed by atoms with van der Waals surface area (Å²) in [6.07, 6.45) is 4.38. The molecule has 0 saturated carbocycles. The van der Waals surface area contributed by atoms with Gasteiger partial charge in [-0.3, -0.25) is 4.79 Å². The fourth-order valence-electron chi connectivity index (χ4n) is 3.00. The maximum atomic E-state index is 11.9. The Balaban J connectivity index is 2.11. The first-order chi connectivity index (χ1) is 12.5. The Labute approximate surface area is 156 Å². The zero-order chi connectivity index (χ0) is 18.9. The van der Waals surface area contributed by atoms with Crippen LogP contribution in [0, 0.1) is 13.8 Å². The average Bonchev–Trinajstić information content (AvgIpc) is 2.61. The van der Waals surface area contributed by atoms with E-state index in [1.54, 1.807) is 0 Å². The predicted molar refractivity (Wildman–Crippen MR) is 105 cm³/mol. The number of hydrogen-bond donors (Lipinski definition) is 0. The lowest BCUT2D eigenvalue weighted by atomic mass is 9.91. The molecule has 1 unspecified atom stereocenters. The summed E-state index contributed by atoms with van der Waals surface area (Å²) in [6, 6.07) is 14.3. The minimum atomic E-state index is -0.171. The van der Waals surface area contributed by atoms with Crippen LogP contribution in [0.2, 0.25) is 0 Å². The molecule has 26 heavy (non-hydrogen) atoms. The van der Waals surface area contributed by atoms with Gasteiger partial charge in [-0.2, -0.15) is 0 Å². The van der Waals surface area contributed by atoms with Crippen LogP contribution in [0.15, 0.2) is 54.6 Å². The predicted octanol–water partition coefficient (Wildman–Crippen LogP) is 5.50. The molecule has 0 radical (unpaired) electrons. The highest BCUT2D eigenvalue weighted by Gasteiger charge is 2.16. The van der Waals surface area contributed by atoms with Gasteiger partial charge in [0, 0.05) is 5.92 Å². The van der Waals surface area contributed by atoms with Crippen LogP contribution in [0.3, 0.4) is 0 Å². The normalized spacial score (nSPS) is 12.2.